The highest BCUT2D eigenvalue weighted by atomic mass is 32.2. The third-order valence-corrected chi connectivity index (χ3v) is 3.48. The molecule has 15 heavy (non-hydrogen) atoms. The van der Waals surface area contributed by atoms with Crippen LogP contribution in [0.1, 0.15) is 58.3 Å². The molecule has 0 saturated heterocycles. The summed E-state index contributed by atoms with van der Waals surface area (Å²) in [5, 5.41) is -1.10. The lowest BCUT2D eigenvalue weighted by Crippen LogP contribution is -2.29. The van der Waals surface area contributed by atoms with Crippen LogP contribution in [0.2, 0.25) is 0 Å². The second kappa shape index (κ2) is 8.07. The van der Waals surface area contributed by atoms with E-state index in [0.717, 1.165) is 19.3 Å². The molecular formula is C10H23NO3S. The summed E-state index contributed by atoms with van der Waals surface area (Å²) in [5.41, 5.74) is 5.28. The van der Waals surface area contributed by atoms with Crippen molar-refractivity contribution in [2.45, 2.75) is 63.7 Å². The third kappa shape index (κ3) is 8.84. The lowest BCUT2D eigenvalue weighted by molar-refractivity contribution is 0.457. The van der Waals surface area contributed by atoms with E-state index in [2.05, 4.69) is 6.92 Å². The quantitative estimate of drug-likeness (QED) is 0.476. The van der Waals surface area contributed by atoms with Crippen LogP contribution in [0.5, 0.6) is 0 Å². The predicted octanol–water partition coefficient (Wildman–Crippen LogP) is 2.30. The first-order chi connectivity index (χ1) is 6.98. The second-order valence-corrected chi connectivity index (χ2v) is 5.60. The first kappa shape index (κ1) is 14.9. The molecule has 5 heteroatoms. The van der Waals surface area contributed by atoms with Crippen molar-refractivity contribution in [3.63, 3.8) is 0 Å². The Labute approximate surface area is 93.0 Å². The van der Waals surface area contributed by atoms with Crippen molar-refractivity contribution in [1.29, 1.82) is 0 Å². The van der Waals surface area contributed by atoms with Crippen molar-refractivity contribution in [3.05, 3.63) is 0 Å². The fourth-order valence-corrected chi connectivity index (χ4v) is 1.92. The smallest absolute Gasteiger partial charge is 0.280 e. The molecule has 92 valence electrons. The van der Waals surface area contributed by atoms with Crippen LogP contribution in [-0.4, -0.2) is 18.3 Å². The molecule has 1 unspecified atom stereocenters. The van der Waals surface area contributed by atoms with Gasteiger partial charge in [0.15, 0.2) is 0 Å². The Balaban J connectivity index is 3.32. The molecule has 0 amide bonds. The topological polar surface area (TPSA) is 80.4 Å². The van der Waals surface area contributed by atoms with Gasteiger partial charge in [0.25, 0.3) is 10.1 Å². The third-order valence-electron chi connectivity index (χ3n) is 2.47. The van der Waals surface area contributed by atoms with Crippen molar-refractivity contribution in [3.8, 4) is 0 Å². The average molecular weight is 237 g/mol. The van der Waals surface area contributed by atoms with Gasteiger partial charge in [-0.2, -0.15) is 8.42 Å². The van der Waals surface area contributed by atoms with E-state index in [0.29, 0.717) is 6.42 Å². The summed E-state index contributed by atoms with van der Waals surface area (Å²) in [7, 11) is -4.03. The van der Waals surface area contributed by atoms with E-state index >= 15 is 0 Å². The lowest BCUT2D eigenvalue weighted by Gasteiger charge is -2.07. The van der Waals surface area contributed by atoms with Crippen LogP contribution in [-0.2, 0) is 10.1 Å². The van der Waals surface area contributed by atoms with Gasteiger partial charge in [0.2, 0.25) is 0 Å². The van der Waals surface area contributed by atoms with Crippen LogP contribution in [0.25, 0.3) is 0 Å². The molecule has 4 nitrogen and oxygen atoms in total. The SMILES string of the molecule is CCCCCCCCCC(N)S(=O)(=O)O. The zero-order valence-electron chi connectivity index (χ0n) is 9.48. The summed E-state index contributed by atoms with van der Waals surface area (Å²) in [6, 6.07) is 0. The Kier molecular flexibility index (Phi) is 8.00. The monoisotopic (exact) mass is 237 g/mol. The highest BCUT2D eigenvalue weighted by Crippen LogP contribution is 2.10. The summed E-state index contributed by atoms with van der Waals surface area (Å²) in [6.45, 7) is 2.17. The van der Waals surface area contributed by atoms with Gasteiger partial charge >= 0.3 is 0 Å². The molecule has 0 radical (unpaired) electrons. The van der Waals surface area contributed by atoms with Gasteiger partial charge in [-0.1, -0.05) is 51.9 Å². The molecule has 0 aromatic rings. The molecule has 0 heterocycles. The van der Waals surface area contributed by atoms with E-state index in [9.17, 15) is 8.42 Å². The molecule has 0 bridgehead atoms. The summed E-state index contributed by atoms with van der Waals surface area (Å²) in [5.74, 6) is 0. The Morgan fingerprint density at radius 2 is 1.53 bits per heavy atom. The van der Waals surface area contributed by atoms with E-state index in [-0.39, 0.29) is 0 Å². The fourth-order valence-electron chi connectivity index (χ4n) is 1.45. The fraction of sp³-hybridized carbons (Fsp3) is 1.00. The van der Waals surface area contributed by atoms with E-state index < -0.39 is 15.5 Å². The van der Waals surface area contributed by atoms with Crippen molar-refractivity contribution in [1.82, 2.24) is 0 Å². The van der Waals surface area contributed by atoms with Gasteiger partial charge in [0.1, 0.15) is 5.37 Å². The number of hydrogen-bond acceptors (Lipinski definition) is 3. The first-order valence-corrected chi connectivity index (χ1v) is 7.20. The molecule has 0 rings (SSSR count). The molecule has 3 N–H and O–H groups in total. The Morgan fingerprint density at radius 3 is 2.00 bits per heavy atom. The number of nitrogens with two attached hydrogens (primary N) is 1. The number of hydrogen-bond donors (Lipinski definition) is 2. The second-order valence-electron chi connectivity index (χ2n) is 3.96. The maximum Gasteiger partial charge on any atom is 0.280 e. The van der Waals surface area contributed by atoms with Crippen LogP contribution in [0.15, 0.2) is 0 Å². The van der Waals surface area contributed by atoms with Crippen molar-refractivity contribution in [2.75, 3.05) is 0 Å². The van der Waals surface area contributed by atoms with Crippen LogP contribution in [0.3, 0.4) is 0 Å². The summed E-state index contributed by atoms with van der Waals surface area (Å²) in [4.78, 5) is 0. The lowest BCUT2D eigenvalue weighted by atomic mass is 10.1. The minimum Gasteiger partial charge on any atom is -0.313 e. The van der Waals surface area contributed by atoms with E-state index in [1.807, 2.05) is 0 Å². The first-order valence-electron chi connectivity index (χ1n) is 5.70. The van der Waals surface area contributed by atoms with Crippen molar-refractivity contribution >= 4 is 10.1 Å². The molecule has 0 aromatic carbocycles. The Bertz CT molecular complexity index is 239. The standard InChI is InChI=1S/C10H23NO3S/c1-2-3-4-5-6-7-8-9-10(11)15(12,13)14/h10H,2-9,11H2,1H3,(H,12,13,14). The molecule has 0 aliphatic heterocycles. The van der Waals surface area contributed by atoms with Gasteiger partial charge in [-0.05, 0) is 6.42 Å². The maximum absolute atomic E-state index is 10.6. The van der Waals surface area contributed by atoms with E-state index in [4.69, 9.17) is 10.3 Å². The van der Waals surface area contributed by atoms with Gasteiger partial charge in [-0.3, -0.25) is 4.55 Å². The Morgan fingerprint density at radius 1 is 1.07 bits per heavy atom. The van der Waals surface area contributed by atoms with Gasteiger partial charge in [-0.25, -0.2) is 0 Å². The van der Waals surface area contributed by atoms with Crippen LogP contribution < -0.4 is 5.73 Å². The predicted molar refractivity (Wildman–Crippen MR) is 62.1 cm³/mol. The highest BCUT2D eigenvalue weighted by Gasteiger charge is 2.16. The molecule has 0 spiro atoms. The van der Waals surface area contributed by atoms with Crippen molar-refractivity contribution < 1.29 is 13.0 Å². The number of unbranched alkanes of at least 4 members (excludes halogenated alkanes) is 6. The summed E-state index contributed by atoms with van der Waals surface area (Å²) < 4.78 is 29.7. The van der Waals surface area contributed by atoms with E-state index in [1.165, 1.54) is 25.7 Å². The normalized spacial score (nSPS) is 14.1. The molecule has 0 fully saturated rings. The maximum atomic E-state index is 10.6. The minimum atomic E-state index is -4.03. The molecule has 1 atom stereocenters. The average Bonchev–Trinajstić information content (AvgIpc) is 2.14. The van der Waals surface area contributed by atoms with Crippen LogP contribution >= 0.6 is 0 Å². The van der Waals surface area contributed by atoms with Crippen molar-refractivity contribution in [2.24, 2.45) is 5.73 Å². The van der Waals surface area contributed by atoms with Crippen LogP contribution in [0.4, 0.5) is 0 Å². The zero-order valence-corrected chi connectivity index (χ0v) is 10.3. The minimum absolute atomic E-state index is 0.354. The van der Waals surface area contributed by atoms with Gasteiger partial charge in [0.05, 0.1) is 0 Å². The molecule has 0 aromatic heterocycles. The Hall–Kier alpha value is -0.130. The molecule has 0 aliphatic carbocycles. The van der Waals surface area contributed by atoms with Gasteiger partial charge < -0.3 is 5.73 Å². The highest BCUT2D eigenvalue weighted by molar-refractivity contribution is 7.86. The molecule has 0 saturated carbocycles. The largest absolute Gasteiger partial charge is 0.313 e. The van der Waals surface area contributed by atoms with Crippen LogP contribution in [0, 0.1) is 0 Å². The van der Waals surface area contributed by atoms with Gasteiger partial charge in [-0.15, -0.1) is 0 Å². The zero-order chi connectivity index (χ0) is 11.7. The summed E-state index contributed by atoms with van der Waals surface area (Å²) >= 11 is 0. The molecule has 0 aliphatic rings. The summed E-state index contributed by atoms with van der Waals surface area (Å²) in [6.07, 6.45) is 8.19. The number of rotatable bonds is 9. The van der Waals surface area contributed by atoms with Gasteiger partial charge in [0, 0.05) is 0 Å². The van der Waals surface area contributed by atoms with E-state index in [1.54, 1.807) is 0 Å². The molecular weight excluding hydrogens is 214 g/mol.